The highest BCUT2D eigenvalue weighted by molar-refractivity contribution is 7.99. The number of carbonyl (C=O) groups is 1. The van der Waals surface area contributed by atoms with E-state index in [4.69, 9.17) is 0 Å². The van der Waals surface area contributed by atoms with Crippen molar-refractivity contribution in [1.29, 1.82) is 0 Å². The zero-order valence-corrected chi connectivity index (χ0v) is 9.99. The predicted octanol–water partition coefficient (Wildman–Crippen LogP) is 3.16. The van der Waals surface area contributed by atoms with E-state index in [2.05, 4.69) is 13.8 Å². The second kappa shape index (κ2) is 5.65. The second-order valence-electron chi connectivity index (χ2n) is 3.81. The molecule has 0 aliphatic carbocycles. The summed E-state index contributed by atoms with van der Waals surface area (Å²) in [5.74, 6) is 1.29. The quantitative estimate of drug-likeness (QED) is 0.343. The SMILES string of the molecule is CC(C)CSc1ccc(C=O)cc1[N+](=O)[O-]. The third-order valence-corrected chi connectivity index (χ3v) is 3.38. The maximum atomic E-state index is 10.8. The number of carbonyl (C=O) groups excluding carboxylic acids is 1. The molecule has 1 aromatic rings. The first-order chi connectivity index (χ1) is 7.54. The largest absolute Gasteiger partial charge is 0.298 e. The van der Waals surface area contributed by atoms with E-state index in [-0.39, 0.29) is 5.69 Å². The number of nitro benzene ring substituents is 1. The molecule has 0 heterocycles. The minimum Gasteiger partial charge on any atom is -0.298 e. The normalized spacial score (nSPS) is 10.4. The van der Waals surface area contributed by atoms with E-state index in [1.807, 2.05) is 0 Å². The van der Waals surface area contributed by atoms with Gasteiger partial charge in [-0.05, 0) is 12.0 Å². The first kappa shape index (κ1) is 12.7. The van der Waals surface area contributed by atoms with E-state index in [9.17, 15) is 14.9 Å². The van der Waals surface area contributed by atoms with Crippen LogP contribution in [-0.4, -0.2) is 17.0 Å². The van der Waals surface area contributed by atoms with Gasteiger partial charge >= 0.3 is 0 Å². The van der Waals surface area contributed by atoms with Gasteiger partial charge in [0.15, 0.2) is 0 Å². The molecule has 4 nitrogen and oxygen atoms in total. The van der Waals surface area contributed by atoms with Crippen molar-refractivity contribution in [1.82, 2.24) is 0 Å². The van der Waals surface area contributed by atoms with Crippen LogP contribution < -0.4 is 0 Å². The zero-order valence-electron chi connectivity index (χ0n) is 9.17. The predicted molar refractivity (Wildman–Crippen MR) is 64.0 cm³/mol. The number of rotatable bonds is 5. The Labute approximate surface area is 98.2 Å². The average Bonchev–Trinajstić information content (AvgIpc) is 2.25. The van der Waals surface area contributed by atoms with Gasteiger partial charge in [0.2, 0.25) is 0 Å². The smallest absolute Gasteiger partial charge is 0.283 e. The highest BCUT2D eigenvalue weighted by Gasteiger charge is 2.15. The van der Waals surface area contributed by atoms with Crippen molar-refractivity contribution in [3.8, 4) is 0 Å². The molecule has 0 aromatic heterocycles. The molecule has 0 saturated carbocycles. The number of nitrogens with zero attached hydrogens (tertiary/aromatic N) is 1. The summed E-state index contributed by atoms with van der Waals surface area (Å²) in [7, 11) is 0. The topological polar surface area (TPSA) is 60.2 Å². The van der Waals surface area contributed by atoms with Gasteiger partial charge in [-0.3, -0.25) is 14.9 Å². The van der Waals surface area contributed by atoms with Gasteiger partial charge in [-0.15, -0.1) is 11.8 Å². The van der Waals surface area contributed by atoms with Gasteiger partial charge in [0.05, 0.1) is 9.82 Å². The molecule has 1 rings (SSSR count). The van der Waals surface area contributed by atoms with E-state index < -0.39 is 4.92 Å². The average molecular weight is 239 g/mol. The maximum Gasteiger partial charge on any atom is 0.283 e. The molecule has 16 heavy (non-hydrogen) atoms. The van der Waals surface area contributed by atoms with Gasteiger partial charge in [-0.1, -0.05) is 19.9 Å². The molecule has 0 spiro atoms. The molecule has 0 aliphatic rings. The molecule has 1 aromatic carbocycles. The lowest BCUT2D eigenvalue weighted by atomic mass is 10.2. The summed E-state index contributed by atoms with van der Waals surface area (Å²) in [5.41, 5.74) is 0.343. The van der Waals surface area contributed by atoms with Crippen molar-refractivity contribution in [2.75, 3.05) is 5.75 Å². The molecule has 5 heteroatoms. The Morgan fingerprint density at radius 1 is 1.50 bits per heavy atom. The zero-order chi connectivity index (χ0) is 12.1. The van der Waals surface area contributed by atoms with Crippen molar-refractivity contribution < 1.29 is 9.72 Å². The molecule has 0 bridgehead atoms. The van der Waals surface area contributed by atoms with Gasteiger partial charge in [0.25, 0.3) is 5.69 Å². The molecule has 0 N–H and O–H groups in total. The van der Waals surface area contributed by atoms with Crippen molar-refractivity contribution in [2.24, 2.45) is 5.92 Å². The lowest BCUT2D eigenvalue weighted by Gasteiger charge is -2.05. The van der Waals surface area contributed by atoms with Crippen LogP contribution in [-0.2, 0) is 0 Å². The fourth-order valence-corrected chi connectivity index (χ4v) is 2.09. The molecule has 0 aliphatic heterocycles. The summed E-state index contributed by atoms with van der Waals surface area (Å²) in [6.45, 7) is 4.11. The van der Waals surface area contributed by atoms with E-state index in [0.717, 1.165) is 5.75 Å². The van der Waals surface area contributed by atoms with Crippen LogP contribution in [0, 0.1) is 16.0 Å². The van der Waals surface area contributed by atoms with Crippen LogP contribution in [0.2, 0.25) is 0 Å². The maximum absolute atomic E-state index is 10.8. The summed E-state index contributed by atoms with van der Waals surface area (Å²) in [4.78, 5) is 21.5. The molecule has 0 amide bonds. The third kappa shape index (κ3) is 3.34. The van der Waals surface area contributed by atoms with Crippen molar-refractivity contribution >= 4 is 23.7 Å². The lowest BCUT2D eigenvalue weighted by Crippen LogP contribution is -1.95. The first-order valence-corrected chi connectivity index (χ1v) is 5.89. The molecule has 0 unspecified atom stereocenters. The number of aldehydes is 1. The number of thioether (sulfide) groups is 1. The van der Waals surface area contributed by atoms with Gasteiger partial charge in [0, 0.05) is 17.4 Å². The van der Waals surface area contributed by atoms with E-state index in [1.165, 1.54) is 17.8 Å². The lowest BCUT2D eigenvalue weighted by molar-refractivity contribution is -0.387. The molecule has 0 atom stereocenters. The van der Waals surface area contributed by atoms with Crippen LogP contribution in [0.5, 0.6) is 0 Å². The van der Waals surface area contributed by atoms with E-state index >= 15 is 0 Å². The number of nitro groups is 1. The number of hydrogen-bond donors (Lipinski definition) is 0. The Balaban J connectivity index is 2.98. The van der Waals surface area contributed by atoms with Gasteiger partial charge in [-0.25, -0.2) is 0 Å². The summed E-state index contributed by atoms with van der Waals surface area (Å²) in [5, 5.41) is 10.8. The monoisotopic (exact) mass is 239 g/mol. The fraction of sp³-hybridized carbons (Fsp3) is 0.364. The number of hydrogen-bond acceptors (Lipinski definition) is 4. The minimum absolute atomic E-state index is 0.00949. The van der Waals surface area contributed by atoms with Crippen molar-refractivity contribution in [3.63, 3.8) is 0 Å². The highest BCUT2D eigenvalue weighted by Crippen LogP contribution is 2.30. The third-order valence-electron chi connectivity index (χ3n) is 1.89. The summed E-state index contributed by atoms with van der Waals surface area (Å²) in [6, 6.07) is 4.55. The van der Waals surface area contributed by atoms with Crippen molar-refractivity contribution in [2.45, 2.75) is 18.7 Å². The Kier molecular flexibility index (Phi) is 4.49. The Hall–Kier alpha value is -1.36. The van der Waals surface area contributed by atoms with Gasteiger partial charge in [0.1, 0.15) is 6.29 Å². The van der Waals surface area contributed by atoms with Crippen LogP contribution >= 0.6 is 11.8 Å². The van der Waals surface area contributed by atoms with Crippen molar-refractivity contribution in [3.05, 3.63) is 33.9 Å². The number of benzene rings is 1. The van der Waals surface area contributed by atoms with Crippen LogP contribution in [0.25, 0.3) is 0 Å². The Morgan fingerprint density at radius 2 is 2.19 bits per heavy atom. The van der Waals surface area contributed by atoms with Crippen LogP contribution in [0.15, 0.2) is 23.1 Å². The molecule has 0 saturated heterocycles. The second-order valence-corrected chi connectivity index (χ2v) is 4.87. The molecule has 86 valence electrons. The highest BCUT2D eigenvalue weighted by atomic mass is 32.2. The first-order valence-electron chi connectivity index (χ1n) is 4.91. The Bertz CT molecular complexity index is 404. The summed E-state index contributed by atoms with van der Waals surface area (Å²) >= 11 is 1.45. The summed E-state index contributed by atoms with van der Waals surface area (Å²) in [6.07, 6.45) is 0.615. The molecular weight excluding hydrogens is 226 g/mol. The van der Waals surface area contributed by atoms with E-state index in [1.54, 1.807) is 12.1 Å². The fourth-order valence-electron chi connectivity index (χ4n) is 1.13. The van der Waals surface area contributed by atoms with Crippen LogP contribution in [0.4, 0.5) is 5.69 Å². The van der Waals surface area contributed by atoms with Crippen LogP contribution in [0.1, 0.15) is 24.2 Å². The molecule has 0 radical (unpaired) electrons. The van der Waals surface area contributed by atoms with Crippen LogP contribution in [0.3, 0.4) is 0 Å². The van der Waals surface area contributed by atoms with Gasteiger partial charge in [-0.2, -0.15) is 0 Å². The van der Waals surface area contributed by atoms with Gasteiger partial charge < -0.3 is 0 Å². The van der Waals surface area contributed by atoms with E-state index in [0.29, 0.717) is 22.7 Å². The molecular formula is C11H13NO3S. The summed E-state index contributed by atoms with van der Waals surface area (Å²) < 4.78 is 0. The standard InChI is InChI=1S/C11H13NO3S/c1-8(2)7-16-11-4-3-9(6-13)5-10(11)12(14)15/h3-6,8H,7H2,1-2H3. The molecule has 0 fully saturated rings. The minimum atomic E-state index is -0.449. The Morgan fingerprint density at radius 3 is 2.69 bits per heavy atom.